The van der Waals surface area contributed by atoms with Crippen LogP contribution in [0, 0.1) is 12.3 Å². The van der Waals surface area contributed by atoms with E-state index in [0.29, 0.717) is 17.0 Å². The Hall–Kier alpha value is -4.05. The Labute approximate surface area is 181 Å². The van der Waals surface area contributed by atoms with Crippen molar-refractivity contribution in [2.24, 2.45) is 10.3 Å². The fourth-order valence-corrected chi connectivity index (χ4v) is 2.74. The first kappa shape index (κ1) is 23.2. The van der Waals surface area contributed by atoms with Crippen molar-refractivity contribution < 1.29 is 23.9 Å². The number of carbonyl (C=O) groups is 1. The highest BCUT2D eigenvalue weighted by atomic mass is 16.6. The maximum atomic E-state index is 12.1. The van der Waals surface area contributed by atoms with Gasteiger partial charge in [0.05, 0.1) is 20.5 Å². The second kappa shape index (κ2) is 11.8. The maximum Gasteiger partial charge on any atom is 0.341 e. The Morgan fingerprint density at radius 1 is 1.06 bits per heavy atom. The standard InChI is InChI=1S/C24H24N2O5/c1-6-18-11-13-19(14-12-18)23(26-30-5)17(2)25-31-15-20-9-7-8-10-21(20)22(16-28-3)24(27)29-4/h1,7-14,16H,15H2,2-5H3. The first-order chi connectivity index (χ1) is 15.0. The predicted molar refractivity (Wildman–Crippen MR) is 119 cm³/mol. The molecule has 0 aliphatic rings. The number of ether oxygens (including phenoxy) is 2. The van der Waals surface area contributed by atoms with Gasteiger partial charge in [-0.25, -0.2) is 4.79 Å². The molecule has 2 rings (SSSR count). The molecule has 0 heterocycles. The van der Waals surface area contributed by atoms with Gasteiger partial charge >= 0.3 is 5.97 Å². The highest BCUT2D eigenvalue weighted by molar-refractivity contribution is 6.47. The highest BCUT2D eigenvalue weighted by Gasteiger charge is 2.17. The van der Waals surface area contributed by atoms with E-state index in [-0.39, 0.29) is 12.2 Å². The van der Waals surface area contributed by atoms with Crippen LogP contribution in [0.2, 0.25) is 0 Å². The average Bonchev–Trinajstić information content (AvgIpc) is 2.81. The summed E-state index contributed by atoms with van der Waals surface area (Å²) in [4.78, 5) is 22.6. The smallest absolute Gasteiger partial charge is 0.341 e. The number of rotatable bonds is 9. The van der Waals surface area contributed by atoms with Crippen molar-refractivity contribution in [3.8, 4) is 12.3 Å². The van der Waals surface area contributed by atoms with Crippen LogP contribution in [0.4, 0.5) is 0 Å². The Kier molecular flexibility index (Phi) is 8.87. The number of carbonyl (C=O) groups excluding carboxylic acids is 1. The number of hydrogen-bond donors (Lipinski definition) is 0. The predicted octanol–water partition coefficient (Wildman–Crippen LogP) is 3.77. The molecular formula is C24H24N2O5. The summed E-state index contributed by atoms with van der Waals surface area (Å²) in [5.74, 6) is 2.05. The lowest BCUT2D eigenvalue weighted by Crippen LogP contribution is -2.13. The zero-order chi connectivity index (χ0) is 22.6. The lowest BCUT2D eigenvalue weighted by atomic mass is 10.0. The van der Waals surface area contributed by atoms with Gasteiger partial charge in [-0.15, -0.1) is 6.42 Å². The molecular weight excluding hydrogens is 396 g/mol. The van der Waals surface area contributed by atoms with Crippen LogP contribution >= 0.6 is 0 Å². The summed E-state index contributed by atoms with van der Waals surface area (Å²) in [6.45, 7) is 1.87. The van der Waals surface area contributed by atoms with Crippen molar-refractivity contribution in [2.45, 2.75) is 13.5 Å². The third-order valence-corrected chi connectivity index (χ3v) is 4.22. The molecule has 0 atom stereocenters. The molecule has 7 nitrogen and oxygen atoms in total. The van der Waals surface area contributed by atoms with E-state index in [1.807, 2.05) is 30.3 Å². The molecule has 0 saturated carbocycles. The molecule has 0 N–H and O–H groups in total. The topological polar surface area (TPSA) is 78.7 Å². The minimum absolute atomic E-state index is 0.113. The molecule has 31 heavy (non-hydrogen) atoms. The number of nitrogens with zero attached hydrogens (tertiary/aromatic N) is 2. The maximum absolute atomic E-state index is 12.1. The minimum atomic E-state index is -0.515. The van der Waals surface area contributed by atoms with E-state index in [1.165, 1.54) is 27.6 Å². The Balaban J connectivity index is 2.24. The van der Waals surface area contributed by atoms with E-state index >= 15 is 0 Å². The van der Waals surface area contributed by atoms with Crippen LogP contribution in [0.15, 0.2) is 65.1 Å². The Morgan fingerprint density at radius 3 is 2.39 bits per heavy atom. The molecule has 160 valence electrons. The molecule has 0 amide bonds. The highest BCUT2D eigenvalue weighted by Crippen LogP contribution is 2.22. The Bertz CT molecular complexity index is 1030. The largest absolute Gasteiger partial charge is 0.503 e. The van der Waals surface area contributed by atoms with Crippen molar-refractivity contribution >= 4 is 23.0 Å². The van der Waals surface area contributed by atoms with Gasteiger partial charge < -0.3 is 19.1 Å². The molecule has 0 saturated heterocycles. The van der Waals surface area contributed by atoms with Gasteiger partial charge in [-0.3, -0.25) is 0 Å². The molecule has 0 aromatic heterocycles. The monoisotopic (exact) mass is 420 g/mol. The van der Waals surface area contributed by atoms with E-state index in [1.54, 1.807) is 25.1 Å². The number of oxime groups is 2. The molecule has 0 bridgehead atoms. The minimum Gasteiger partial charge on any atom is -0.503 e. The van der Waals surface area contributed by atoms with Gasteiger partial charge in [0, 0.05) is 16.7 Å². The third kappa shape index (κ3) is 6.21. The first-order valence-electron chi connectivity index (χ1n) is 9.30. The van der Waals surface area contributed by atoms with Crippen LogP contribution in [0.5, 0.6) is 0 Å². The first-order valence-corrected chi connectivity index (χ1v) is 9.30. The van der Waals surface area contributed by atoms with E-state index < -0.39 is 5.97 Å². The fraction of sp³-hybridized carbons (Fsp3) is 0.208. The summed E-state index contributed by atoms with van der Waals surface area (Å²) >= 11 is 0. The van der Waals surface area contributed by atoms with Crippen LogP contribution in [0.1, 0.15) is 29.2 Å². The molecule has 2 aromatic rings. The van der Waals surface area contributed by atoms with Gasteiger partial charge in [0.15, 0.2) is 0 Å². The van der Waals surface area contributed by atoms with Crippen molar-refractivity contribution in [1.82, 2.24) is 0 Å². The van der Waals surface area contributed by atoms with Gasteiger partial charge in [0.1, 0.15) is 30.7 Å². The zero-order valence-corrected chi connectivity index (χ0v) is 17.9. The van der Waals surface area contributed by atoms with Crippen LogP contribution in [-0.4, -0.2) is 38.7 Å². The van der Waals surface area contributed by atoms with Gasteiger partial charge in [-0.2, -0.15) is 0 Å². The number of hydrogen-bond acceptors (Lipinski definition) is 7. The van der Waals surface area contributed by atoms with Crippen LogP contribution in [0.25, 0.3) is 5.57 Å². The summed E-state index contributed by atoms with van der Waals surface area (Å²) in [6, 6.07) is 14.5. The van der Waals surface area contributed by atoms with Gasteiger partial charge in [-0.1, -0.05) is 52.6 Å². The van der Waals surface area contributed by atoms with E-state index in [2.05, 4.69) is 16.2 Å². The van der Waals surface area contributed by atoms with Crippen molar-refractivity contribution in [1.29, 1.82) is 0 Å². The van der Waals surface area contributed by atoms with Crippen LogP contribution < -0.4 is 0 Å². The lowest BCUT2D eigenvalue weighted by Gasteiger charge is -2.11. The van der Waals surface area contributed by atoms with E-state index in [4.69, 9.17) is 25.6 Å². The number of terminal acetylenes is 1. The van der Waals surface area contributed by atoms with Crippen LogP contribution in [0.3, 0.4) is 0 Å². The van der Waals surface area contributed by atoms with Gasteiger partial charge in [-0.05, 0) is 24.6 Å². The van der Waals surface area contributed by atoms with Gasteiger partial charge in [0.25, 0.3) is 0 Å². The summed E-state index contributed by atoms with van der Waals surface area (Å²) < 4.78 is 9.87. The second-order valence-corrected chi connectivity index (χ2v) is 6.21. The molecule has 0 unspecified atom stereocenters. The number of benzene rings is 2. The van der Waals surface area contributed by atoms with E-state index in [0.717, 1.165) is 16.7 Å². The number of methoxy groups -OCH3 is 2. The summed E-state index contributed by atoms with van der Waals surface area (Å²) in [7, 11) is 4.23. The molecule has 0 radical (unpaired) electrons. The zero-order valence-electron chi connectivity index (χ0n) is 17.9. The molecule has 0 aliphatic heterocycles. The molecule has 0 aliphatic carbocycles. The molecule has 7 heteroatoms. The van der Waals surface area contributed by atoms with Gasteiger partial charge in [0.2, 0.25) is 0 Å². The second-order valence-electron chi connectivity index (χ2n) is 6.21. The van der Waals surface area contributed by atoms with Crippen molar-refractivity contribution in [3.63, 3.8) is 0 Å². The molecule has 2 aromatic carbocycles. The number of esters is 1. The normalized spacial score (nSPS) is 12.0. The quantitative estimate of drug-likeness (QED) is 0.154. The SMILES string of the molecule is C#Cc1ccc(C(=NOC)C(C)=NOCc2ccccc2C(=COC)C(=O)OC)cc1. The summed E-state index contributed by atoms with van der Waals surface area (Å²) in [6.07, 6.45) is 6.74. The van der Waals surface area contributed by atoms with Crippen molar-refractivity contribution in [2.75, 3.05) is 21.3 Å². The summed E-state index contributed by atoms with van der Waals surface area (Å²) in [5.41, 5.74) is 4.19. The summed E-state index contributed by atoms with van der Waals surface area (Å²) in [5, 5.41) is 8.21. The fourth-order valence-electron chi connectivity index (χ4n) is 2.74. The Morgan fingerprint density at radius 2 is 1.77 bits per heavy atom. The third-order valence-electron chi connectivity index (χ3n) is 4.22. The lowest BCUT2D eigenvalue weighted by molar-refractivity contribution is -0.133. The molecule has 0 spiro atoms. The van der Waals surface area contributed by atoms with Crippen LogP contribution in [-0.2, 0) is 30.6 Å². The van der Waals surface area contributed by atoms with Crippen molar-refractivity contribution in [3.05, 3.63) is 77.0 Å². The molecule has 0 fully saturated rings. The van der Waals surface area contributed by atoms with E-state index in [9.17, 15) is 4.79 Å². The average molecular weight is 420 g/mol.